The summed E-state index contributed by atoms with van der Waals surface area (Å²) >= 11 is 0. The molecular weight excluding hydrogens is 280 g/mol. The second-order valence-electron chi connectivity index (χ2n) is 2.84. The van der Waals surface area contributed by atoms with Gasteiger partial charge in [-0.25, -0.2) is 4.79 Å². The Labute approximate surface area is 100 Å². The predicted molar refractivity (Wildman–Crippen MR) is 51.9 cm³/mol. The summed E-state index contributed by atoms with van der Waals surface area (Å²) in [6, 6.07) is 0. The van der Waals surface area contributed by atoms with E-state index in [4.69, 9.17) is 43.1 Å². The Morgan fingerprint density at radius 2 is 1.33 bits per heavy atom. The summed E-state index contributed by atoms with van der Waals surface area (Å²) in [6.45, 7) is 0. The van der Waals surface area contributed by atoms with Gasteiger partial charge >= 0.3 is 16.4 Å². The lowest BCUT2D eigenvalue weighted by Gasteiger charge is -2.21. The SMILES string of the molecule is O=CC(O)C(O)C(O)C(O)C(=O)O.O=S(=O)(O)O. The van der Waals surface area contributed by atoms with Crippen LogP contribution < -0.4 is 0 Å². The Balaban J connectivity index is 0. The van der Waals surface area contributed by atoms with Gasteiger partial charge < -0.3 is 30.3 Å². The molecule has 0 rings (SSSR count). The number of aliphatic hydroxyl groups is 4. The zero-order valence-corrected chi connectivity index (χ0v) is 9.37. The number of hydrogen-bond acceptors (Lipinski definition) is 8. The fraction of sp³-hybridized carbons (Fsp3) is 0.667. The van der Waals surface area contributed by atoms with Gasteiger partial charge in [0.15, 0.2) is 12.4 Å². The van der Waals surface area contributed by atoms with Crippen molar-refractivity contribution in [3.63, 3.8) is 0 Å². The number of rotatable bonds is 5. The highest BCUT2D eigenvalue weighted by atomic mass is 32.3. The monoisotopic (exact) mass is 292 g/mol. The van der Waals surface area contributed by atoms with Gasteiger partial charge in [0, 0.05) is 0 Å². The molecule has 0 spiro atoms. The first-order valence-corrected chi connectivity index (χ1v) is 5.41. The van der Waals surface area contributed by atoms with Crippen molar-refractivity contribution >= 4 is 22.7 Å². The number of carboxylic acid groups (broad SMARTS) is 1. The fourth-order valence-electron chi connectivity index (χ4n) is 0.615. The van der Waals surface area contributed by atoms with Gasteiger partial charge in [0.2, 0.25) is 0 Å². The second kappa shape index (κ2) is 8.04. The maximum Gasteiger partial charge on any atom is 0.394 e. The highest BCUT2D eigenvalue weighted by Gasteiger charge is 2.33. The zero-order valence-electron chi connectivity index (χ0n) is 8.56. The van der Waals surface area contributed by atoms with Crippen LogP contribution in [0.15, 0.2) is 0 Å². The van der Waals surface area contributed by atoms with Crippen molar-refractivity contribution in [1.29, 1.82) is 0 Å². The minimum absolute atomic E-state index is 0.0809. The number of aldehydes is 1. The van der Waals surface area contributed by atoms with E-state index in [1.807, 2.05) is 0 Å². The summed E-state index contributed by atoms with van der Waals surface area (Å²) in [5.74, 6) is -1.76. The Morgan fingerprint density at radius 3 is 1.56 bits per heavy atom. The largest absolute Gasteiger partial charge is 0.479 e. The molecule has 0 radical (unpaired) electrons. The number of aliphatic carboxylic acids is 1. The van der Waals surface area contributed by atoms with Gasteiger partial charge in [-0.3, -0.25) is 9.11 Å². The average molecular weight is 292 g/mol. The number of carboxylic acids is 1. The molecule has 0 bridgehead atoms. The van der Waals surface area contributed by atoms with Crippen LogP contribution in [0.2, 0.25) is 0 Å². The van der Waals surface area contributed by atoms with Crippen LogP contribution in [0.1, 0.15) is 0 Å². The Hall–Kier alpha value is -1.15. The lowest BCUT2D eigenvalue weighted by Crippen LogP contribution is -2.48. The lowest BCUT2D eigenvalue weighted by atomic mass is 10.0. The molecule has 0 aromatic rings. The summed E-state index contributed by atoms with van der Waals surface area (Å²) in [7, 11) is -4.67. The number of aliphatic hydroxyl groups excluding tert-OH is 4. The van der Waals surface area contributed by atoms with Crippen LogP contribution in [0.5, 0.6) is 0 Å². The summed E-state index contributed by atoms with van der Waals surface area (Å²) < 4.78 is 31.6. The van der Waals surface area contributed by atoms with Gasteiger partial charge in [-0.2, -0.15) is 8.42 Å². The van der Waals surface area contributed by atoms with Crippen molar-refractivity contribution in [1.82, 2.24) is 0 Å². The van der Waals surface area contributed by atoms with Crippen molar-refractivity contribution in [2.75, 3.05) is 0 Å². The second-order valence-corrected chi connectivity index (χ2v) is 3.73. The van der Waals surface area contributed by atoms with Crippen LogP contribution in [-0.4, -0.2) is 79.7 Å². The maximum atomic E-state index is 10.1. The Bertz CT molecular complexity index is 354. The molecule has 0 amide bonds. The Morgan fingerprint density at radius 1 is 1.00 bits per heavy atom. The van der Waals surface area contributed by atoms with Gasteiger partial charge in [-0.15, -0.1) is 0 Å². The van der Waals surface area contributed by atoms with Crippen LogP contribution in [0.25, 0.3) is 0 Å². The molecule has 0 fully saturated rings. The highest BCUT2D eigenvalue weighted by Crippen LogP contribution is 2.03. The van der Waals surface area contributed by atoms with Crippen molar-refractivity contribution in [3.05, 3.63) is 0 Å². The quantitative estimate of drug-likeness (QED) is 0.192. The van der Waals surface area contributed by atoms with E-state index in [-0.39, 0.29) is 6.29 Å². The first kappa shape index (κ1) is 19.2. The molecule has 0 aliphatic rings. The van der Waals surface area contributed by atoms with E-state index < -0.39 is 40.8 Å². The van der Waals surface area contributed by atoms with Crippen molar-refractivity contribution in [3.8, 4) is 0 Å². The van der Waals surface area contributed by atoms with Crippen LogP contribution in [0.4, 0.5) is 0 Å². The van der Waals surface area contributed by atoms with Crippen molar-refractivity contribution in [2.24, 2.45) is 0 Å². The summed E-state index contributed by atoms with van der Waals surface area (Å²) in [5.41, 5.74) is 0. The van der Waals surface area contributed by atoms with Crippen molar-refractivity contribution < 1.29 is 52.6 Å². The number of carbonyl (C=O) groups excluding carboxylic acids is 1. The summed E-state index contributed by atoms with van der Waals surface area (Å²) in [4.78, 5) is 20.0. The van der Waals surface area contributed by atoms with E-state index in [9.17, 15) is 9.59 Å². The van der Waals surface area contributed by atoms with E-state index in [2.05, 4.69) is 0 Å². The smallest absolute Gasteiger partial charge is 0.394 e. The van der Waals surface area contributed by atoms with Crippen molar-refractivity contribution in [2.45, 2.75) is 24.4 Å². The van der Waals surface area contributed by atoms with E-state index in [0.29, 0.717) is 0 Å². The number of carbonyl (C=O) groups is 2. The molecule has 18 heavy (non-hydrogen) atoms. The first-order valence-electron chi connectivity index (χ1n) is 4.02. The molecule has 108 valence electrons. The highest BCUT2D eigenvalue weighted by molar-refractivity contribution is 7.79. The maximum absolute atomic E-state index is 10.1. The molecule has 4 unspecified atom stereocenters. The zero-order chi connectivity index (χ0) is 15.1. The van der Waals surface area contributed by atoms with Gasteiger partial charge in [0.05, 0.1) is 0 Å². The molecule has 0 saturated heterocycles. The topological polar surface area (TPSA) is 210 Å². The third kappa shape index (κ3) is 10.0. The van der Waals surface area contributed by atoms with E-state index in [1.54, 1.807) is 0 Å². The molecule has 12 heteroatoms. The fourth-order valence-corrected chi connectivity index (χ4v) is 0.615. The third-order valence-corrected chi connectivity index (χ3v) is 1.42. The normalized spacial score (nSPS) is 17.7. The van der Waals surface area contributed by atoms with E-state index in [0.717, 1.165) is 0 Å². The summed E-state index contributed by atoms with van der Waals surface area (Å²) in [6.07, 6.45) is -8.39. The van der Waals surface area contributed by atoms with Crippen LogP contribution in [0.3, 0.4) is 0 Å². The molecule has 0 aromatic heterocycles. The average Bonchev–Trinajstić information content (AvgIpc) is 2.22. The van der Waals surface area contributed by atoms with E-state index in [1.165, 1.54) is 0 Å². The standard InChI is InChI=1S/C6H10O7.H2O4S/c7-1-2(8)3(9)4(10)5(11)6(12)13;1-5(2,3)4/h1-5,8-11H,(H,12,13);(H2,1,2,3,4). The molecule has 11 nitrogen and oxygen atoms in total. The molecular formula is C6H12O11S. The van der Waals surface area contributed by atoms with Crippen LogP contribution in [-0.2, 0) is 20.0 Å². The summed E-state index contributed by atoms with van der Waals surface area (Å²) in [5, 5.41) is 43.2. The van der Waals surface area contributed by atoms with Crippen LogP contribution in [0, 0.1) is 0 Å². The minimum atomic E-state index is -4.67. The van der Waals surface area contributed by atoms with Crippen LogP contribution >= 0.6 is 0 Å². The molecule has 7 N–H and O–H groups in total. The van der Waals surface area contributed by atoms with Gasteiger partial charge in [-0.05, 0) is 0 Å². The third-order valence-electron chi connectivity index (χ3n) is 1.42. The number of hydrogen-bond donors (Lipinski definition) is 7. The molecule has 0 aliphatic carbocycles. The minimum Gasteiger partial charge on any atom is -0.479 e. The predicted octanol–water partition coefficient (Wildman–Crippen LogP) is -3.94. The molecule has 0 aromatic carbocycles. The molecule has 0 saturated carbocycles. The first-order chi connectivity index (χ1) is 7.91. The van der Waals surface area contributed by atoms with Gasteiger partial charge in [0.25, 0.3) is 0 Å². The van der Waals surface area contributed by atoms with Gasteiger partial charge in [-0.1, -0.05) is 0 Å². The van der Waals surface area contributed by atoms with Gasteiger partial charge in [0.1, 0.15) is 18.3 Å². The molecule has 4 atom stereocenters. The van der Waals surface area contributed by atoms with E-state index >= 15 is 0 Å². The molecule has 0 heterocycles. The Kier molecular flexibility index (Phi) is 8.57. The molecule has 0 aliphatic heterocycles. The lowest BCUT2D eigenvalue weighted by molar-refractivity contribution is -0.163.